The normalized spacial score (nSPS) is 19.9. The molecule has 0 spiro atoms. The summed E-state index contributed by atoms with van der Waals surface area (Å²) >= 11 is 0. The molecule has 1 radical (unpaired) electrons. The predicted octanol–water partition coefficient (Wildman–Crippen LogP) is 3.80. The lowest BCUT2D eigenvalue weighted by molar-refractivity contribution is -0.172. The number of esters is 1. The van der Waals surface area contributed by atoms with Crippen molar-refractivity contribution in [3.8, 4) is 11.4 Å². The molecule has 1 unspecified atom stereocenters. The molecular weight excluding hydrogens is 444 g/mol. The van der Waals surface area contributed by atoms with Gasteiger partial charge < -0.3 is 14.4 Å². The molecule has 7 heteroatoms. The molecule has 2 aromatic heterocycles. The SMILES string of the molecule is CC[C@@]1(O)C(=O)OCc2c1cc1n(c2=O)Cc2c-1nc1ccc([Si](C)C)cc1c2C(C)C(C)C. The first-order valence-electron chi connectivity index (χ1n) is 12.0. The van der Waals surface area contributed by atoms with Crippen molar-refractivity contribution < 1.29 is 14.6 Å². The Hall–Kier alpha value is -2.77. The molecule has 0 fully saturated rings. The Balaban J connectivity index is 1.83. The number of rotatable bonds is 4. The lowest BCUT2D eigenvalue weighted by Gasteiger charge is -2.31. The number of aliphatic hydroxyl groups is 1. The van der Waals surface area contributed by atoms with Crippen LogP contribution in [0.5, 0.6) is 0 Å². The molecule has 4 heterocycles. The van der Waals surface area contributed by atoms with E-state index in [1.165, 1.54) is 10.8 Å². The van der Waals surface area contributed by atoms with Crippen LogP contribution in [0.15, 0.2) is 29.1 Å². The molecule has 177 valence electrons. The standard InChI is InChI=1S/C27H31N2O4Si/c1-7-27(32)20-11-22-24-18(12-29(22)25(30)19(20)13-33-26(27)31)23(15(4)14(2)3)17-10-16(34(5)6)8-9-21(17)28-24/h8-11,14-15,32H,7,12-13H2,1-6H3/t15?,27-/m0/s1. The van der Waals surface area contributed by atoms with Crippen molar-refractivity contribution in [1.29, 1.82) is 0 Å². The van der Waals surface area contributed by atoms with Crippen LogP contribution in [0, 0.1) is 5.92 Å². The second-order valence-corrected chi connectivity index (χ2v) is 12.8. The summed E-state index contributed by atoms with van der Waals surface area (Å²) in [5.41, 5.74) is 3.36. The first kappa shape index (κ1) is 23.0. The van der Waals surface area contributed by atoms with E-state index in [2.05, 4.69) is 52.1 Å². The molecule has 0 saturated heterocycles. The van der Waals surface area contributed by atoms with E-state index in [0.717, 1.165) is 22.2 Å². The Morgan fingerprint density at radius 2 is 1.91 bits per heavy atom. The van der Waals surface area contributed by atoms with Crippen LogP contribution in [0.4, 0.5) is 0 Å². The topological polar surface area (TPSA) is 81.4 Å². The number of hydrogen-bond donors (Lipinski definition) is 1. The third-order valence-corrected chi connectivity index (χ3v) is 9.23. The molecule has 5 rings (SSSR count). The Bertz CT molecular complexity index is 1410. The van der Waals surface area contributed by atoms with Gasteiger partial charge in [0.15, 0.2) is 5.60 Å². The highest BCUT2D eigenvalue weighted by Crippen LogP contribution is 2.43. The fourth-order valence-corrected chi connectivity index (χ4v) is 6.12. The third-order valence-electron chi connectivity index (χ3n) is 7.76. The van der Waals surface area contributed by atoms with Crippen LogP contribution in [0.1, 0.15) is 62.3 Å². The summed E-state index contributed by atoms with van der Waals surface area (Å²) in [5, 5.41) is 13.7. The quantitative estimate of drug-likeness (QED) is 0.359. The van der Waals surface area contributed by atoms with Crippen LogP contribution in [0.3, 0.4) is 0 Å². The number of carbonyl (C=O) groups is 1. The number of ether oxygens (including phenoxy) is 1. The predicted molar refractivity (Wildman–Crippen MR) is 135 cm³/mol. The van der Waals surface area contributed by atoms with Crippen LogP contribution in [-0.4, -0.2) is 29.4 Å². The third kappa shape index (κ3) is 3.13. The number of aromatic nitrogens is 2. The van der Waals surface area contributed by atoms with E-state index in [1.807, 2.05) is 0 Å². The minimum absolute atomic E-state index is 0.113. The van der Waals surface area contributed by atoms with Crippen molar-refractivity contribution >= 4 is 30.9 Å². The molecule has 6 nitrogen and oxygen atoms in total. The molecular formula is C27H31N2O4Si. The summed E-state index contributed by atoms with van der Waals surface area (Å²) in [4.78, 5) is 31.1. The lowest BCUT2D eigenvalue weighted by atomic mass is 9.84. The highest BCUT2D eigenvalue weighted by molar-refractivity contribution is 6.70. The molecule has 34 heavy (non-hydrogen) atoms. The van der Waals surface area contributed by atoms with Crippen molar-refractivity contribution in [2.24, 2.45) is 5.92 Å². The molecule has 1 N–H and O–H groups in total. The van der Waals surface area contributed by atoms with E-state index < -0.39 is 20.4 Å². The van der Waals surface area contributed by atoms with Gasteiger partial charge in [-0.05, 0) is 36.0 Å². The average Bonchev–Trinajstić information content (AvgIpc) is 3.17. The largest absolute Gasteiger partial charge is 0.458 e. The molecule has 3 aromatic rings. The van der Waals surface area contributed by atoms with Crippen LogP contribution in [-0.2, 0) is 28.3 Å². The van der Waals surface area contributed by atoms with Gasteiger partial charge >= 0.3 is 5.97 Å². The van der Waals surface area contributed by atoms with Crippen LogP contribution >= 0.6 is 0 Å². The monoisotopic (exact) mass is 475 g/mol. The van der Waals surface area contributed by atoms with Gasteiger partial charge in [0, 0.05) is 16.5 Å². The number of benzene rings is 1. The summed E-state index contributed by atoms with van der Waals surface area (Å²) in [6.07, 6.45) is 0.135. The average molecular weight is 476 g/mol. The number of pyridine rings is 2. The van der Waals surface area contributed by atoms with E-state index in [9.17, 15) is 14.7 Å². The zero-order valence-corrected chi connectivity index (χ0v) is 21.7. The number of fused-ring (bicyclic) bond motifs is 5. The van der Waals surface area contributed by atoms with Gasteiger partial charge in [-0.25, -0.2) is 9.78 Å². The maximum atomic E-state index is 13.6. The van der Waals surface area contributed by atoms with Gasteiger partial charge in [0.05, 0.1) is 37.8 Å². The number of nitrogens with zero attached hydrogens (tertiary/aromatic N) is 2. The van der Waals surface area contributed by atoms with Gasteiger partial charge in [-0.15, -0.1) is 0 Å². The Morgan fingerprint density at radius 3 is 2.56 bits per heavy atom. The first-order valence-corrected chi connectivity index (χ1v) is 14.5. The van der Waals surface area contributed by atoms with E-state index in [1.54, 1.807) is 17.6 Å². The van der Waals surface area contributed by atoms with Crippen molar-refractivity contribution in [3.05, 3.63) is 56.9 Å². The van der Waals surface area contributed by atoms with Gasteiger partial charge in [0.2, 0.25) is 0 Å². The second-order valence-electron chi connectivity index (χ2n) is 10.2. The van der Waals surface area contributed by atoms with Crippen molar-refractivity contribution in [2.45, 2.75) is 71.9 Å². The van der Waals surface area contributed by atoms with E-state index in [0.29, 0.717) is 29.3 Å². The highest BCUT2D eigenvalue weighted by atomic mass is 28.3. The first-order chi connectivity index (χ1) is 16.1. The molecule has 0 aliphatic carbocycles. The Kier molecular flexibility index (Phi) is 5.33. The van der Waals surface area contributed by atoms with Crippen molar-refractivity contribution in [2.75, 3.05) is 0 Å². The fourth-order valence-electron chi connectivity index (χ4n) is 5.27. The smallest absolute Gasteiger partial charge is 0.343 e. The van der Waals surface area contributed by atoms with Gasteiger partial charge in [0.25, 0.3) is 5.56 Å². The second kappa shape index (κ2) is 7.88. The van der Waals surface area contributed by atoms with Crippen molar-refractivity contribution in [1.82, 2.24) is 9.55 Å². The lowest BCUT2D eigenvalue weighted by Crippen LogP contribution is -2.44. The van der Waals surface area contributed by atoms with Crippen LogP contribution in [0.25, 0.3) is 22.3 Å². The van der Waals surface area contributed by atoms with Crippen molar-refractivity contribution in [3.63, 3.8) is 0 Å². The zero-order chi connectivity index (χ0) is 24.5. The van der Waals surface area contributed by atoms with Gasteiger partial charge in [-0.1, -0.05) is 58.1 Å². The Labute approximate surface area is 201 Å². The van der Waals surface area contributed by atoms with Crippen LogP contribution < -0.4 is 10.7 Å². The number of carbonyl (C=O) groups excluding carboxylic acids is 1. The van der Waals surface area contributed by atoms with E-state index in [-0.39, 0.29) is 24.5 Å². The molecule has 1 aromatic carbocycles. The summed E-state index contributed by atoms with van der Waals surface area (Å²) in [5.74, 6) is -0.0119. The number of cyclic esters (lactones) is 1. The van der Waals surface area contributed by atoms with Gasteiger partial charge in [-0.3, -0.25) is 4.79 Å². The summed E-state index contributed by atoms with van der Waals surface area (Å²) in [6.45, 7) is 13.3. The maximum Gasteiger partial charge on any atom is 0.343 e. The minimum atomic E-state index is -1.81. The van der Waals surface area contributed by atoms with E-state index in [4.69, 9.17) is 9.72 Å². The summed E-state index contributed by atoms with van der Waals surface area (Å²) in [6, 6.07) is 8.35. The van der Waals surface area contributed by atoms with Crippen LogP contribution in [0.2, 0.25) is 13.1 Å². The maximum absolute atomic E-state index is 13.6. The van der Waals surface area contributed by atoms with E-state index >= 15 is 0 Å². The van der Waals surface area contributed by atoms with Gasteiger partial charge in [-0.2, -0.15) is 0 Å². The minimum Gasteiger partial charge on any atom is -0.458 e. The number of hydrogen-bond acceptors (Lipinski definition) is 5. The summed E-state index contributed by atoms with van der Waals surface area (Å²) in [7, 11) is -0.626. The highest BCUT2D eigenvalue weighted by Gasteiger charge is 2.45. The molecule has 0 saturated carbocycles. The molecule has 0 bridgehead atoms. The molecule has 0 amide bonds. The molecule has 2 atom stereocenters. The molecule has 2 aliphatic rings. The molecule has 2 aliphatic heterocycles. The summed E-state index contributed by atoms with van der Waals surface area (Å²) < 4.78 is 6.94. The fraction of sp³-hybridized carbons (Fsp3) is 0.444. The van der Waals surface area contributed by atoms with Gasteiger partial charge in [0.1, 0.15) is 6.61 Å². The Morgan fingerprint density at radius 1 is 1.18 bits per heavy atom. The zero-order valence-electron chi connectivity index (χ0n) is 20.7.